The first kappa shape index (κ1) is 19.2. The quantitative estimate of drug-likeness (QED) is 0.788. The van der Waals surface area contributed by atoms with E-state index in [0.717, 1.165) is 6.26 Å². The summed E-state index contributed by atoms with van der Waals surface area (Å²) >= 11 is 0. The van der Waals surface area contributed by atoms with Crippen molar-refractivity contribution in [2.75, 3.05) is 6.26 Å². The molecule has 7 heteroatoms. The number of hydrogen-bond donors (Lipinski definition) is 2. The minimum atomic E-state index is -3.44. The molecule has 0 aromatic heterocycles. The molecular formula is C16H23NO5S. The summed E-state index contributed by atoms with van der Waals surface area (Å²) in [5, 5.41) is 11.7. The number of aryl methyl sites for hydroxylation is 1. The van der Waals surface area contributed by atoms with Gasteiger partial charge in [-0.2, -0.15) is 0 Å². The smallest absolute Gasteiger partial charge is 0.326 e. The Kier molecular flexibility index (Phi) is 6.32. The van der Waals surface area contributed by atoms with Crippen LogP contribution in [-0.2, 0) is 21.1 Å². The summed E-state index contributed by atoms with van der Waals surface area (Å²) in [4.78, 5) is 23.7. The van der Waals surface area contributed by atoms with Crippen LogP contribution < -0.4 is 5.32 Å². The predicted octanol–water partition coefficient (Wildman–Crippen LogP) is 1.88. The Hall–Kier alpha value is -1.89. The summed E-state index contributed by atoms with van der Waals surface area (Å²) < 4.78 is 23.3. The van der Waals surface area contributed by atoms with Gasteiger partial charge in [0.05, 0.1) is 4.90 Å². The van der Waals surface area contributed by atoms with E-state index in [1.54, 1.807) is 6.07 Å². The van der Waals surface area contributed by atoms with E-state index < -0.39 is 27.8 Å². The van der Waals surface area contributed by atoms with Gasteiger partial charge in [-0.25, -0.2) is 13.2 Å². The van der Waals surface area contributed by atoms with Crippen LogP contribution in [-0.4, -0.2) is 37.7 Å². The molecule has 0 aliphatic rings. The minimum Gasteiger partial charge on any atom is -0.480 e. The van der Waals surface area contributed by atoms with E-state index >= 15 is 0 Å². The molecule has 1 aromatic rings. The molecule has 0 saturated carbocycles. The number of aliphatic carboxylic acids is 1. The van der Waals surface area contributed by atoms with Crippen LogP contribution in [0, 0.1) is 5.92 Å². The van der Waals surface area contributed by atoms with Crippen molar-refractivity contribution in [3.05, 3.63) is 29.3 Å². The summed E-state index contributed by atoms with van der Waals surface area (Å²) in [7, 11) is -3.44. The molecule has 1 rings (SSSR count). The maximum Gasteiger partial charge on any atom is 0.326 e. The number of sulfone groups is 1. The molecule has 1 aromatic carbocycles. The van der Waals surface area contributed by atoms with Crippen LogP contribution in [0.5, 0.6) is 0 Å². The third-order valence-corrected chi connectivity index (χ3v) is 4.56. The molecule has 1 amide bonds. The molecular weight excluding hydrogens is 318 g/mol. The van der Waals surface area contributed by atoms with Crippen LogP contribution in [0.15, 0.2) is 23.1 Å². The molecule has 0 fully saturated rings. The van der Waals surface area contributed by atoms with Gasteiger partial charge < -0.3 is 10.4 Å². The first-order valence-corrected chi connectivity index (χ1v) is 9.32. The summed E-state index contributed by atoms with van der Waals surface area (Å²) in [5.74, 6) is -1.57. The van der Waals surface area contributed by atoms with E-state index in [1.165, 1.54) is 12.1 Å². The highest BCUT2D eigenvalue weighted by Crippen LogP contribution is 2.17. The van der Waals surface area contributed by atoms with Crippen LogP contribution in [0.4, 0.5) is 0 Å². The first-order valence-electron chi connectivity index (χ1n) is 7.42. The van der Waals surface area contributed by atoms with Gasteiger partial charge in [-0.15, -0.1) is 0 Å². The lowest BCUT2D eigenvalue weighted by atomic mass is 10.0. The Labute approximate surface area is 136 Å². The fourth-order valence-electron chi connectivity index (χ4n) is 2.23. The Morgan fingerprint density at radius 2 is 1.87 bits per heavy atom. The lowest BCUT2D eigenvalue weighted by Crippen LogP contribution is -2.42. The van der Waals surface area contributed by atoms with Crippen molar-refractivity contribution >= 4 is 21.7 Å². The molecule has 0 saturated heterocycles. The molecule has 2 N–H and O–H groups in total. The lowest BCUT2D eigenvalue weighted by molar-refractivity contribution is -0.139. The van der Waals surface area contributed by atoms with Crippen molar-refractivity contribution in [1.82, 2.24) is 5.32 Å². The monoisotopic (exact) mass is 341 g/mol. The summed E-state index contributed by atoms with van der Waals surface area (Å²) in [5.41, 5.74) is 0.869. The number of carbonyl (C=O) groups is 2. The number of carboxylic acid groups (broad SMARTS) is 1. The van der Waals surface area contributed by atoms with Gasteiger partial charge in [-0.3, -0.25) is 4.79 Å². The Morgan fingerprint density at radius 1 is 1.26 bits per heavy atom. The second kappa shape index (κ2) is 7.59. The van der Waals surface area contributed by atoms with Gasteiger partial charge in [0.25, 0.3) is 5.91 Å². The third kappa shape index (κ3) is 5.35. The normalized spacial score (nSPS) is 12.9. The molecule has 23 heavy (non-hydrogen) atoms. The first-order chi connectivity index (χ1) is 10.6. The molecule has 0 aliphatic heterocycles. The van der Waals surface area contributed by atoms with E-state index in [4.69, 9.17) is 0 Å². The van der Waals surface area contributed by atoms with E-state index in [1.807, 2.05) is 20.8 Å². The fourth-order valence-corrected chi connectivity index (χ4v) is 2.88. The Bertz CT molecular complexity index is 694. The van der Waals surface area contributed by atoms with Crippen LogP contribution in [0.3, 0.4) is 0 Å². The van der Waals surface area contributed by atoms with Gasteiger partial charge in [0.15, 0.2) is 9.84 Å². The van der Waals surface area contributed by atoms with E-state index in [2.05, 4.69) is 5.32 Å². The van der Waals surface area contributed by atoms with Gasteiger partial charge >= 0.3 is 5.97 Å². The number of carbonyl (C=O) groups excluding carboxylic acids is 1. The van der Waals surface area contributed by atoms with Crippen molar-refractivity contribution in [3.63, 3.8) is 0 Å². The average Bonchev–Trinajstić information content (AvgIpc) is 2.44. The molecule has 0 radical (unpaired) electrons. The number of rotatable bonds is 7. The summed E-state index contributed by atoms with van der Waals surface area (Å²) in [6.07, 6.45) is 1.90. The SMILES string of the molecule is CCc1ccc(S(C)(=O)=O)cc1C(=O)N[C@@H](CC(C)C)C(=O)O. The second-order valence-electron chi connectivity index (χ2n) is 5.94. The zero-order chi connectivity index (χ0) is 17.8. The van der Waals surface area contributed by atoms with Gasteiger partial charge in [-0.1, -0.05) is 26.8 Å². The molecule has 0 heterocycles. The van der Waals surface area contributed by atoms with Crippen molar-refractivity contribution in [2.24, 2.45) is 5.92 Å². The van der Waals surface area contributed by atoms with Crippen molar-refractivity contribution < 1.29 is 23.1 Å². The van der Waals surface area contributed by atoms with Crippen molar-refractivity contribution in [1.29, 1.82) is 0 Å². The van der Waals surface area contributed by atoms with E-state index in [-0.39, 0.29) is 16.4 Å². The molecule has 0 spiro atoms. The molecule has 128 valence electrons. The number of hydrogen-bond acceptors (Lipinski definition) is 4. The highest BCUT2D eigenvalue weighted by Gasteiger charge is 2.23. The lowest BCUT2D eigenvalue weighted by Gasteiger charge is -2.18. The maximum atomic E-state index is 12.4. The number of carboxylic acids is 1. The number of benzene rings is 1. The van der Waals surface area contributed by atoms with E-state index in [9.17, 15) is 23.1 Å². The fraction of sp³-hybridized carbons (Fsp3) is 0.500. The zero-order valence-electron chi connectivity index (χ0n) is 13.8. The number of amides is 1. The molecule has 0 bridgehead atoms. The second-order valence-corrected chi connectivity index (χ2v) is 7.95. The third-order valence-electron chi connectivity index (χ3n) is 3.45. The predicted molar refractivity (Wildman–Crippen MR) is 87.3 cm³/mol. The molecule has 0 unspecified atom stereocenters. The Morgan fingerprint density at radius 3 is 2.30 bits per heavy atom. The van der Waals surface area contributed by atoms with Crippen molar-refractivity contribution in [3.8, 4) is 0 Å². The van der Waals surface area contributed by atoms with Crippen LogP contribution >= 0.6 is 0 Å². The van der Waals surface area contributed by atoms with Crippen LogP contribution in [0.25, 0.3) is 0 Å². The average molecular weight is 341 g/mol. The van der Waals surface area contributed by atoms with E-state index in [0.29, 0.717) is 18.4 Å². The summed E-state index contributed by atoms with van der Waals surface area (Å²) in [6, 6.07) is 3.34. The topological polar surface area (TPSA) is 101 Å². The maximum absolute atomic E-state index is 12.4. The highest BCUT2D eigenvalue weighted by atomic mass is 32.2. The minimum absolute atomic E-state index is 0.0376. The molecule has 1 atom stereocenters. The van der Waals surface area contributed by atoms with Crippen LogP contribution in [0.2, 0.25) is 0 Å². The molecule has 6 nitrogen and oxygen atoms in total. The van der Waals surface area contributed by atoms with Crippen molar-refractivity contribution in [2.45, 2.75) is 44.6 Å². The highest BCUT2D eigenvalue weighted by molar-refractivity contribution is 7.90. The number of nitrogens with one attached hydrogen (secondary N) is 1. The van der Waals surface area contributed by atoms with Gasteiger partial charge in [0, 0.05) is 11.8 Å². The van der Waals surface area contributed by atoms with Crippen LogP contribution in [0.1, 0.15) is 43.1 Å². The van der Waals surface area contributed by atoms with Gasteiger partial charge in [0.1, 0.15) is 6.04 Å². The van der Waals surface area contributed by atoms with Gasteiger partial charge in [0.2, 0.25) is 0 Å². The molecule has 0 aliphatic carbocycles. The standard InChI is InChI=1S/C16H23NO5S/c1-5-11-6-7-12(23(4,21)22)9-13(11)15(18)17-14(16(19)20)8-10(2)3/h6-7,9-10,14H,5,8H2,1-4H3,(H,17,18)(H,19,20)/t14-/m0/s1. The van der Waals surface area contributed by atoms with Gasteiger partial charge in [-0.05, 0) is 36.5 Å². The Balaban J connectivity index is 3.17. The largest absolute Gasteiger partial charge is 0.480 e. The zero-order valence-corrected chi connectivity index (χ0v) is 14.6. The summed E-state index contributed by atoms with van der Waals surface area (Å²) in [6.45, 7) is 5.57.